The molecular formula is C22H24ClN3O2S. The Labute approximate surface area is 180 Å². The fourth-order valence-electron chi connectivity index (χ4n) is 2.69. The first-order valence-corrected chi connectivity index (χ1v) is 10.6. The van der Waals surface area contributed by atoms with Crippen molar-refractivity contribution in [3.8, 4) is 16.3 Å². The van der Waals surface area contributed by atoms with Crippen molar-refractivity contribution in [2.24, 2.45) is 0 Å². The zero-order valence-electron chi connectivity index (χ0n) is 16.9. The molecule has 1 aromatic heterocycles. The topological polar surface area (TPSA) is 64.1 Å². The molecule has 0 saturated carbocycles. The minimum absolute atomic E-state index is 0.0691. The highest BCUT2D eigenvalue weighted by molar-refractivity contribution is 7.18. The van der Waals surface area contributed by atoms with Crippen molar-refractivity contribution in [1.29, 1.82) is 0 Å². The molecule has 0 spiro atoms. The summed E-state index contributed by atoms with van der Waals surface area (Å²) >= 11 is 7.22. The summed E-state index contributed by atoms with van der Waals surface area (Å²) in [5, 5.41) is 12.8. The third kappa shape index (κ3) is 5.55. The van der Waals surface area contributed by atoms with Crippen LogP contribution < -0.4 is 10.1 Å². The number of anilines is 1. The highest BCUT2D eigenvalue weighted by Crippen LogP contribution is 2.28. The average Bonchev–Trinajstić information content (AvgIpc) is 3.14. The Kier molecular flexibility index (Phi) is 6.55. The molecule has 3 rings (SSSR count). The Morgan fingerprint density at radius 3 is 2.34 bits per heavy atom. The van der Waals surface area contributed by atoms with Crippen LogP contribution in [0, 0.1) is 0 Å². The van der Waals surface area contributed by atoms with E-state index < -0.39 is 6.10 Å². The van der Waals surface area contributed by atoms with E-state index >= 15 is 0 Å². The zero-order valence-corrected chi connectivity index (χ0v) is 18.5. The Balaban J connectivity index is 1.65. The minimum Gasteiger partial charge on any atom is -0.481 e. The van der Waals surface area contributed by atoms with Crippen LogP contribution in [0.4, 0.5) is 5.13 Å². The van der Waals surface area contributed by atoms with Crippen LogP contribution in [0.3, 0.4) is 0 Å². The number of nitrogens with zero attached hydrogens (tertiary/aromatic N) is 2. The fourth-order valence-corrected chi connectivity index (χ4v) is 3.57. The predicted molar refractivity (Wildman–Crippen MR) is 119 cm³/mol. The molecule has 0 aliphatic heterocycles. The lowest BCUT2D eigenvalue weighted by Gasteiger charge is -2.20. The van der Waals surface area contributed by atoms with Crippen molar-refractivity contribution in [1.82, 2.24) is 10.2 Å². The number of hydrogen-bond acceptors (Lipinski definition) is 5. The molecule has 0 fully saturated rings. The molecule has 1 N–H and O–H groups in total. The van der Waals surface area contributed by atoms with E-state index in [4.69, 9.17) is 16.3 Å². The molecule has 5 nitrogen and oxygen atoms in total. The summed E-state index contributed by atoms with van der Waals surface area (Å²) < 4.78 is 5.90. The smallest absolute Gasteiger partial charge is 0.267 e. The van der Waals surface area contributed by atoms with E-state index in [1.54, 1.807) is 12.1 Å². The lowest BCUT2D eigenvalue weighted by Crippen LogP contribution is -2.32. The van der Waals surface area contributed by atoms with Gasteiger partial charge in [0.05, 0.1) is 0 Å². The zero-order chi connectivity index (χ0) is 21.0. The Morgan fingerprint density at radius 2 is 1.76 bits per heavy atom. The Morgan fingerprint density at radius 1 is 1.10 bits per heavy atom. The molecule has 0 radical (unpaired) electrons. The molecule has 0 aliphatic rings. The molecule has 3 aromatic rings. The van der Waals surface area contributed by atoms with Crippen molar-refractivity contribution in [3.05, 3.63) is 59.1 Å². The molecule has 29 heavy (non-hydrogen) atoms. The number of rotatable bonds is 6. The summed E-state index contributed by atoms with van der Waals surface area (Å²) in [5.41, 5.74) is 2.18. The van der Waals surface area contributed by atoms with E-state index in [9.17, 15) is 4.79 Å². The van der Waals surface area contributed by atoms with Gasteiger partial charge in [-0.1, -0.05) is 74.9 Å². The van der Waals surface area contributed by atoms with Crippen LogP contribution in [0.5, 0.6) is 5.75 Å². The molecule has 1 amide bonds. The van der Waals surface area contributed by atoms with Gasteiger partial charge in [-0.15, -0.1) is 10.2 Å². The van der Waals surface area contributed by atoms with E-state index in [0.717, 1.165) is 5.56 Å². The second kappa shape index (κ2) is 8.93. The van der Waals surface area contributed by atoms with Gasteiger partial charge >= 0.3 is 0 Å². The van der Waals surface area contributed by atoms with Crippen LogP contribution in [-0.4, -0.2) is 22.2 Å². The Bertz CT molecular complexity index is 963. The number of aromatic nitrogens is 2. The summed E-state index contributed by atoms with van der Waals surface area (Å²) in [4.78, 5) is 12.6. The monoisotopic (exact) mass is 429 g/mol. The highest BCUT2D eigenvalue weighted by atomic mass is 35.5. The SMILES string of the molecule is CC[C@H](Oc1ccc(C(C)(C)C)cc1)C(=O)Nc1nnc(-c2ccc(Cl)cc2)s1. The van der Waals surface area contributed by atoms with Gasteiger partial charge in [0.15, 0.2) is 6.10 Å². The van der Waals surface area contributed by atoms with Crippen LogP contribution in [0.1, 0.15) is 39.7 Å². The number of amides is 1. The maximum absolute atomic E-state index is 12.6. The second-order valence-electron chi connectivity index (χ2n) is 7.70. The highest BCUT2D eigenvalue weighted by Gasteiger charge is 2.21. The summed E-state index contributed by atoms with van der Waals surface area (Å²) in [6.07, 6.45) is -0.0752. The van der Waals surface area contributed by atoms with Gasteiger partial charge in [0.2, 0.25) is 5.13 Å². The van der Waals surface area contributed by atoms with Crippen LogP contribution in [0.25, 0.3) is 10.6 Å². The van der Waals surface area contributed by atoms with E-state index in [1.807, 2.05) is 43.3 Å². The van der Waals surface area contributed by atoms with E-state index in [-0.39, 0.29) is 11.3 Å². The number of carbonyl (C=O) groups is 1. The molecule has 0 saturated heterocycles. The summed E-state index contributed by atoms with van der Waals surface area (Å²) in [6.45, 7) is 8.38. The molecule has 0 unspecified atom stereocenters. The van der Waals surface area contributed by atoms with Crippen molar-refractivity contribution >= 4 is 34.0 Å². The van der Waals surface area contributed by atoms with Crippen LogP contribution in [-0.2, 0) is 10.2 Å². The minimum atomic E-state index is -0.613. The molecule has 1 heterocycles. The lowest BCUT2D eigenvalue weighted by molar-refractivity contribution is -0.122. The van der Waals surface area contributed by atoms with Gasteiger partial charge in [-0.2, -0.15) is 0 Å². The van der Waals surface area contributed by atoms with Gasteiger partial charge in [-0.05, 0) is 41.7 Å². The number of hydrogen-bond donors (Lipinski definition) is 1. The second-order valence-corrected chi connectivity index (χ2v) is 9.11. The molecule has 0 aliphatic carbocycles. The van der Waals surface area contributed by atoms with Gasteiger partial charge in [-0.3, -0.25) is 10.1 Å². The molecule has 2 aromatic carbocycles. The predicted octanol–water partition coefficient (Wildman–Crippen LogP) is 5.95. The van der Waals surface area contributed by atoms with Gasteiger partial charge < -0.3 is 4.74 Å². The van der Waals surface area contributed by atoms with Gasteiger partial charge in [0, 0.05) is 10.6 Å². The molecular weight excluding hydrogens is 406 g/mol. The third-order valence-electron chi connectivity index (χ3n) is 4.41. The lowest BCUT2D eigenvalue weighted by atomic mass is 9.87. The third-order valence-corrected chi connectivity index (χ3v) is 5.55. The Hall–Kier alpha value is -2.44. The number of carbonyl (C=O) groups excluding carboxylic acids is 1. The number of nitrogens with one attached hydrogen (secondary N) is 1. The average molecular weight is 430 g/mol. The summed E-state index contributed by atoms with van der Waals surface area (Å²) in [7, 11) is 0. The van der Waals surface area contributed by atoms with Crippen LogP contribution in [0.15, 0.2) is 48.5 Å². The molecule has 1 atom stereocenters. The normalized spacial score (nSPS) is 12.4. The summed E-state index contributed by atoms with van der Waals surface area (Å²) in [5.74, 6) is 0.422. The van der Waals surface area contributed by atoms with E-state index in [0.29, 0.717) is 27.3 Å². The maximum atomic E-state index is 12.6. The first-order valence-electron chi connectivity index (χ1n) is 9.44. The number of ether oxygens (including phenoxy) is 1. The van der Waals surface area contributed by atoms with Crippen molar-refractivity contribution in [2.45, 2.75) is 45.6 Å². The van der Waals surface area contributed by atoms with Crippen molar-refractivity contribution < 1.29 is 9.53 Å². The first-order chi connectivity index (χ1) is 13.8. The van der Waals surface area contributed by atoms with Gasteiger partial charge in [-0.25, -0.2) is 0 Å². The number of benzene rings is 2. The van der Waals surface area contributed by atoms with E-state index in [2.05, 4.69) is 36.3 Å². The summed E-state index contributed by atoms with van der Waals surface area (Å²) in [6, 6.07) is 15.2. The van der Waals surface area contributed by atoms with Crippen molar-refractivity contribution in [2.75, 3.05) is 5.32 Å². The quantitative estimate of drug-likeness (QED) is 0.525. The standard InChI is InChI=1S/C22H24ClN3O2S/c1-5-18(28-17-12-8-15(9-13-17)22(2,3)4)19(27)24-21-26-25-20(29-21)14-6-10-16(23)11-7-14/h6-13,18H,5H2,1-4H3,(H,24,26,27)/t18-/m0/s1. The molecule has 7 heteroatoms. The van der Waals surface area contributed by atoms with Crippen LogP contribution in [0.2, 0.25) is 5.02 Å². The molecule has 0 bridgehead atoms. The van der Waals surface area contributed by atoms with Gasteiger partial charge in [0.1, 0.15) is 10.8 Å². The van der Waals surface area contributed by atoms with Crippen molar-refractivity contribution in [3.63, 3.8) is 0 Å². The van der Waals surface area contributed by atoms with Gasteiger partial charge in [0.25, 0.3) is 5.91 Å². The maximum Gasteiger partial charge on any atom is 0.267 e. The first kappa shape index (κ1) is 21.3. The fraction of sp³-hybridized carbons (Fsp3) is 0.318. The molecule has 152 valence electrons. The van der Waals surface area contributed by atoms with Crippen LogP contribution >= 0.6 is 22.9 Å². The largest absolute Gasteiger partial charge is 0.481 e. The van der Waals surface area contributed by atoms with E-state index in [1.165, 1.54) is 16.9 Å². The number of halogens is 1.